The number of hydrogen-bond donors (Lipinski definition) is 1. The molecule has 0 spiro atoms. The van der Waals surface area contributed by atoms with E-state index >= 15 is 0 Å². The summed E-state index contributed by atoms with van der Waals surface area (Å²) in [6.07, 6.45) is 1.06. The Hall–Kier alpha value is -1.28. The Morgan fingerprint density at radius 2 is 2.00 bits per heavy atom. The summed E-state index contributed by atoms with van der Waals surface area (Å²) in [6, 6.07) is 8.72. The van der Waals surface area contributed by atoms with Gasteiger partial charge in [-0.2, -0.15) is 0 Å². The third kappa shape index (κ3) is 2.75. The second-order valence-corrected chi connectivity index (χ2v) is 6.25. The zero-order chi connectivity index (χ0) is 13.3. The van der Waals surface area contributed by atoms with Crippen LogP contribution >= 0.6 is 0 Å². The highest BCUT2D eigenvalue weighted by Crippen LogP contribution is 2.33. The van der Waals surface area contributed by atoms with E-state index in [0.717, 1.165) is 17.8 Å². The summed E-state index contributed by atoms with van der Waals surface area (Å²) >= 11 is 0. The van der Waals surface area contributed by atoms with Crippen molar-refractivity contribution in [2.75, 3.05) is 7.05 Å². The molecule has 2 nitrogen and oxygen atoms in total. The number of rotatable bonds is 3. The van der Waals surface area contributed by atoms with Crippen molar-refractivity contribution in [2.24, 2.45) is 5.41 Å². The van der Waals surface area contributed by atoms with Crippen LogP contribution in [0.1, 0.15) is 44.6 Å². The van der Waals surface area contributed by atoms with Crippen molar-refractivity contribution in [1.82, 2.24) is 5.32 Å². The van der Waals surface area contributed by atoms with Crippen LogP contribution in [0.5, 0.6) is 0 Å². The van der Waals surface area contributed by atoms with Crippen LogP contribution in [-0.4, -0.2) is 7.05 Å². The smallest absolute Gasteiger partial charge is 0.137 e. The summed E-state index contributed by atoms with van der Waals surface area (Å²) < 4.78 is 6.04. The van der Waals surface area contributed by atoms with Gasteiger partial charge >= 0.3 is 0 Å². The van der Waals surface area contributed by atoms with E-state index in [2.05, 4.69) is 57.3 Å². The largest absolute Gasteiger partial charge is 0.459 e. The third-order valence-corrected chi connectivity index (χ3v) is 3.27. The molecular weight excluding hydrogens is 222 g/mol. The van der Waals surface area contributed by atoms with Crippen LogP contribution in [0, 0.1) is 12.3 Å². The normalized spacial score (nSPS) is 14.1. The first-order chi connectivity index (χ1) is 8.40. The minimum Gasteiger partial charge on any atom is -0.459 e. The molecule has 1 aromatic carbocycles. The van der Waals surface area contributed by atoms with Gasteiger partial charge in [-0.05, 0) is 37.4 Å². The number of para-hydroxylation sites is 1. The lowest BCUT2D eigenvalue weighted by Crippen LogP contribution is -2.21. The highest BCUT2D eigenvalue weighted by atomic mass is 16.3. The number of benzene rings is 1. The average Bonchev–Trinajstić information content (AvgIpc) is 2.70. The Bertz CT molecular complexity index is 534. The van der Waals surface area contributed by atoms with Gasteiger partial charge in [0.2, 0.25) is 0 Å². The van der Waals surface area contributed by atoms with Crippen molar-refractivity contribution >= 4 is 11.0 Å². The molecule has 1 atom stereocenters. The van der Waals surface area contributed by atoms with Crippen molar-refractivity contribution in [3.05, 3.63) is 35.6 Å². The highest BCUT2D eigenvalue weighted by Gasteiger charge is 2.22. The number of aryl methyl sites for hydroxylation is 1. The van der Waals surface area contributed by atoms with Gasteiger partial charge in [0.15, 0.2) is 0 Å². The molecule has 18 heavy (non-hydrogen) atoms. The molecule has 0 radical (unpaired) electrons. The molecule has 0 aliphatic heterocycles. The minimum absolute atomic E-state index is 0.275. The molecule has 2 heteroatoms. The molecule has 0 saturated heterocycles. The summed E-state index contributed by atoms with van der Waals surface area (Å²) in [5, 5.41) is 4.56. The van der Waals surface area contributed by atoms with Crippen molar-refractivity contribution in [3.63, 3.8) is 0 Å². The second kappa shape index (κ2) is 4.77. The monoisotopic (exact) mass is 245 g/mol. The summed E-state index contributed by atoms with van der Waals surface area (Å²) in [6.45, 7) is 8.86. The average molecular weight is 245 g/mol. The quantitative estimate of drug-likeness (QED) is 0.865. The fourth-order valence-corrected chi connectivity index (χ4v) is 2.36. The minimum atomic E-state index is 0.275. The molecule has 0 aliphatic carbocycles. The van der Waals surface area contributed by atoms with Crippen molar-refractivity contribution in [2.45, 2.75) is 40.2 Å². The van der Waals surface area contributed by atoms with E-state index in [1.54, 1.807) is 0 Å². The molecule has 0 fully saturated rings. The van der Waals surface area contributed by atoms with Crippen LogP contribution in [0.2, 0.25) is 0 Å². The molecule has 1 unspecified atom stereocenters. The molecular formula is C16H23NO. The Morgan fingerprint density at radius 3 is 2.56 bits per heavy atom. The van der Waals surface area contributed by atoms with Gasteiger partial charge in [0.25, 0.3) is 0 Å². The fraction of sp³-hybridized carbons (Fsp3) is 0.500. The molecule has 98 valence electrons. The van der Waals surface area contributed by atoms with Gasteiger partial charge in [0.1, 0.15) is 11.3 Å². The first-order valence-corrected chi connectivity index (χ1v) is 6.57. The van der Waals surface area contributed by atoms with E-state index in [4.69, 9.17) is 4.42 Å². The zero-order valence-corrected chi connectivity index (χ0v) is 12.0. The summed E-state index contributed by atoms with van der Waals surface area (Å²) in [5.41, 5.74) is 2.49. The number of nitrogens with one attached hydrogen (secondary N) is 1. The lowest BCUT2D eigenvalue weighted by atomic mass is 9.87. The molecule has 2 aromatic rings. The molecule has 1 heterocycles. The second-order valence-electron chi connectivity index (χ2n) is 6.25. The Balaban J connectivity index is 2.37. The predicted molar refractivity (Wildman–Crippen MR) is 76.8 cm³/mol. The first-order valence-electron chi connectivity index (χ1n) is 6.57. The predicted octanol–water partition coefficient (Wildman–Crippen LogP) is 4.44. The molecule has 1 N–H and O–H groups in total. The van der Waals surface area contributed by atoms with Gasteiger partial charge in [-0.25, -0.2) is 0 Å². The highest BCUT2D eigenvalue weighted by molar-refractivity contribution is 5.80. The van der Waals surface area contributed by atoms with Crippen LogP contribution in [0.4, 0.5) is 0 Å². The SMILES string of the molecule is CNC(CC(C)(C)C)c1cc2cccc(C)c2o1. The third-order valence-electron chi connectivity index (χ3n) is 3.27. The van der Waals surface area contributed by atoms with Gasteiger partial charge < -0.3 is 9.73 Å². The Morgan fingerprint density at radius 1 is 1.28 bits per heavy atom. The molecule has 1 aromatic heterocycles. The van der Waals surface area contributed by atoms with Crippen LogP contribution in [0.15, 0.2) is 28.7 Å². The molecule has 2 rings (SSSR count). The Kier molecular flexibility index (Phi) is 3.49. The maximum absolute atomic E-state index is 6.04. The van der Waals surface area contributed by atoms with Gasteiger partial charge in [0, 0.05) is 5.39 Å². The van der Waals surface area contributed by atoms with E-state index < -0.39 is 0 Å². The van der Waals surface area contributed by atoms with Crippen molar-refractivity contribution in [1.29, 1.82) is 0 Å². The number of furan rings is 1. The standard InChI is InChI=1S/C16H23NO/c1-11-7-6-8-12-9-14(18-15(11)12)13(17-5)10-16(2,3)4/h6-9,13,17H,10H2,1-5H3. The zero-order valence-electron chi connectivity index (χ0n) is 12.0. The number of fused-ring (bicyclic) bond motifs is 1. The van der Waals surface area contributed by atoms with E-state index in [0.29, 0.717) is 0 Å². The van der Waals surface area contributed by atoms with Crippen molar-refractivity contribution in [3.8, 4) is 0 Å². The Labute approximate surface area is 109 Å². The van der Waals surface area contributed by atoms with Gasteiger partial charge in [-0.1, -0.05) is 39.0 Å². The van der Waals surface area contributed by atoms with Crippen LogP contribution in [0.25, 0.3) is 11.0 Å². The van der Waals surface area contributed by atoms with E-state index in [1.807, 2.05) is 7.05 Å². The van der Waals surface area contributed by atoms with Crippen LogP contribution in [0.3, 0.4) is 0 Å². The maximum Gasteiger partial charge on any atom is 0.137 e. The molecule has 0 bridgehead atoms. The lowest BCUT2D eigenvalue weighted by molar-refractivity contribution is 0.296. The van der Waals surface area contributed by atoms with Gasteiger partial charge in [-0.15, -0.1) is 0 Å². The molecule has 0 amide bonds. The maximum atomic E-state index is 6.04. The molecule has 0 aliphatic rings. The van der Waals surface area contributed by atoms with Gasteiger partial charge in [-0.3, -0.25) is 0 Å². The lowest BCUT2D eigenvalue weighted by Gasteiger charge is -2.24. The van der Waals surface area contributed by atoms with E-state index in [1.165, 1.54) is 10.9 Å². The number of hydrogen-bond acceptors (Lipinski definition) is 2. The van der Waals surface area contributed by atoms with Gasteiger partial charge in [0.05, 0.1) is 6.04 Å². The van der Waals surface area contributed by atoms with E-state index in [9.17, 15) is 0 Å². The summed E-state index contributed by atoms with van der Waals surface area (Å²) in [5.74, 6) is 1.04. The summed E-state index contributed by atoms with van der Waals surface area (Å²) in [4.78, 5) is 0. The fourth-order valence-electron chi connectivity index (χ4n) is 2.36. The topological polar surface area (TPSA) is 25.2 Å². The van der Waals surface area contributed by atoms with Crippen LogP contribution < -0.4 is 5.32 Å². The van der Waals surface area contributed by atoms with Crippen LogP contribution in [-0.2, 0) is 0 Å². The van der Waals surface area contributed by atoms with Crippen molar-refractivity contribution < 1.29 is 4.42 Å². The first kappa shape index (κ1) is 13.2. The van der Waals surface area contributed by atoms with E-state index in [-0.39, 0.29) is 11.5 Å². The molecule has 0 saturated carbocycles. The summed E-state index contributed by atoms with van der Waals surface area (Å²) in [7, 11) is 2.00.